The van der Waals surface area contributed by atoms with Crippen LogP contribution in [0.25, 0.3) is 0 Å². The molecule has 0 saturated heterocycles. The Balaban J connectivity index is 1.97. The molecule has 1 saturated carbocycles. The largest absolute Gasteiger partial charge is 0.385 e. The lowest BCUT2D eigenvalue weighted by Crippen LogP contribution is -2.21. The molecule has 0 aromatic heterocycles. The lowest BCUT2D eigenvalue weighted by atomic mass is 9.85. The van der Waals surface area contributed by atoms with Crippen molar-refractivity contribution in [3.8, 4) is 0 Å². The molecular formula is C13H19N. The summed E-state index contributed by atoms with van der Waals surface area (Å²) >= 11 is 0. The highest BCUT2D eigenvalue weighted by Crippen LogP contribution is 2.27. The smallest absolute Gasteiger partial charge is 0.0372 e. The zero-order chi connectivity index (χ0) is 9.97. The fraction of sp³-hybridized carbons (Fsp3) is 0.538. The molecule has 14 heavy (non-hydrogen) atoms. The van der Waals surface area contributed by atoms with Crippen molar-refractivity contribution in [1.82, 2.24) is 0 Å². The maximum Gasteiger partial charge on any atom is 0.0372 e. The van der Waals surface area contributed by atoms with Crippen LogP contribution >= 0.6 is 0 Å². The van der Waals surface area contributed by atoms with Crippen molar-refractivity contribution in [1.29, 1.82) is 0 Å². The van der Waals surface area contributed by atoms with Crippen LogP contribution < -0.4 is 5.32 Å². The van der Waals surface area contributed by atoms with E-state index in [1.807, 2.05) is 0 Å². The molecule has 2 rings (SSSR count). The van der Waals surface area contributed by atoms with E-state index in [1.165, 1.54) is 36.1 Å². The Kier molecular flexibility index (Phi) is 2.76. The van der Waals surface area contributed by atoms with Crippen molar-refractivity contribution in [2.75, 3.05) is 11.9 Å². The van der Waals surface area contributed by atoms with Crippen molar-refractivity contribution >= 4 is 5.69 Å². The van der Waals surface area contributed by atoms with Crippen LogP contribution in [0.3, 0.4) is 0 Å². The fourth-order valence-corrected chi connectivity index (χ4v) is 1.89. The highest BCUT2D eigenvalue weighted by molar-refractivity contribution is 5.53. The SMILES string of the molecule is Cc1cccc(NCC2CCC2)c1C. The molecule has 1 aromatic rings. The van der Waals surface area contributed by atoms with Crippen molar-refractivity contribution in [2.24, 2.45) is 5.92 Å². The molecule has 1 aliphatic carbocycles. The number of anilines is 1. The van der Waals surface area contributed by atoms with E-state index >= 15 is 0 Å². The van der Waals surface area contributed by atoms with Gasteiger partial charge in [0.05, 0.1) is 0 Å². The van der Waals surface area contributed by atoms with E-state index in [9.17, 15) is 0 Å². The molecule has 1 nitrogen and oxygen atoms in total. The molecule has 76 valence electrons. The summed E-state index contributed by atoms with van der Waals surface area (Å²) in [7, 11) is 0. The van der Waals surface area contributed by atoms with Crippen molar-refractivity contribution in [3.05, 3.63) is 29.3 Å². The summed E-state index contributed by atoms with van der Waals surface area (Å²) < 4.78 is 0. The molecular weight excluding hydrogens is 170 g/mol. The maximum absolute atomic E-state index is 3.56. The molecule has 0 heterocycles. The second-order valence-corrected chi connectivity index (χ2v) is 4.43. The molecule has 0 atom stereocenters. The van der Waals surface area contributed by atoms with Crippen LogP contribution in [-0.2, 0) is 0 Å². The van der Waals surface area contributed by atoms with Gasteiger partial charge in [0.25, 0.3) is 0 Å². The van der Waals surface area contributed by atoms with Crippen LogP contribution in [0.2, 0.25) is 0 Å². The maximum atomic E-state index is 3.56. The Morgan fingerprint density at radius 3 is 2.71 bits per heavy atom. The predicted octanol–water partition coefficient (Wildman–Crippen LogP) is 3.52. The Morgan fingerprint density at radius 1 is 1.29 bits per heavy atom. The third-order valence-electron chi connectivity index (χ3n) is 3.41. The molecule has 1 aliphatic rings. The fourth-order valence-electron chi connectivity index (χ4n) is 1.89. The number of rotatable bonds is 3. The normalized spacial score (nSPS) is 16.4. The van der Waals surface area contributed by atoms with E-state index < -0.39 is 0 Å². The van der Waals surface area contributed by atoms with Gasteiger partial charge in [-0.15, -0.1) is 0 Å². The quantitative estimate of drug-likeness (QED) is 0.767. The van der Waals surface area contributed by atoms with Crippen molar-refractivity contribution < 1.29 is 0 Å². The number of nitrogens with one attached hydrogen (secondary N) is 1. The summed E-state index contributed by atoms with van der Waals surface area (Å²) in [6.07, 6.45) is 4.26. The van der Waals surface area contributed by atoms with Crippen molar-refractivity contribution in [3.63, 3.8) is 0 Å². The molecule has 1 aromatic carbocycles. The second kappa shape index (κ2) is 4.04. The summed E-state index contributed by atoms with van der Waals surface area (Å²) in [5.74, 6) is 0.926. The summed E-state index contributed by atoms with van der Waals surface area (Å²) in [4.78, 5) is 0. The van der Waals surface area contributed by atoms with Crippen LogP contribution in [0.1, 0.15) is 30.4 Å². The lowest BCUT2D eigenvalue weighted by molar-refractivity contribution is 0.333. The highest BCUT2D eigenvalue weighted by atomic mass is 14.9. The van der Waals surface area contributed by atoms with E-state index in [2.05, 4.69) is 37.4 Å². The molecule has 1 heteroatoms. The number of aryl methyl sites for hydroxylation is 1. The van der Waals surface area contributed by atoms with Gasteiger partial charge in [-0.1, -0.05) is 18.6 Å². The van der Waals surface area contributed by atoms with Crippen LogP contribution in [0.15, 0.2) is 18.2 Å². The number of benzene rings is 1. The number of hydrogen-bond acceptors (Lipinski definition) is 1. The van der Waals surface area contributed by atoms with Gasteiger partial charge in [-0.2, -0.15) is 0 Å². The van der Waals surface area contributed by atoms with Crippen LogP contribution in [0.4, 0.5) is 5.69 Å². The summed E-state index contributed by atoms with van der Waals surface area (Å²) in [6, 6.07) is 6.48. The zero-order valence-corrected chi connectivity index (χ0v) is 9.14. The van der Waals surface area contributed by atoms with Gasteiger partial charge in [-0.05, 0) is 49.8 Å². The first kappa shape index (κ1) is 9.57. The molecule has 0 aliphatic heterocycles. The molecule has 1 fully saturated rings. The second-order valence-electron chi connectivity index (χ2n) is 4.43. The Labute approximate surface area is 86.5 Å². The minimum atomic E-state index is 0.926. The summed E-state index contributed by atoms with van der Waals surface area (Å²) in [6.45, 7) is 5.52. The first-order valence-corrected chi connectivity index (χ1v) is 5.57. The van der Waals surface area contributed by atoms with Gasteiger partial charge in [0.1, 0.15) is 0 Å². The zero-order valence-electron chi connectivity index (χ0n) is 9.14. The average molecular weight is 189 g/mol. The topological polar surface area (TPSA) is 12.0 Å². The number of hydrogen-bond donors (Lipinski definition) is 1. The highest BCUT2D eigenvalue weighted by Gasteiger charge is 2.16. The molecule has 0 bridgehead atoms. The van der Waals surface area contributed by atoms with Crippen LogP contribution in [0, 0.1) is 19.8 Å². The summed E-state index contributed by atoms with van der Waals surface area (Å²) in [5, 5.41) is 3.56. The van der Waals surface area contributed by atoms with Gasteiger partial charge in [0.2, 0.25) is 0 Å². The van der Waals surface area contributed by atoms with E-state index in [0.717, 1.165) is 12.5 Å². The third kappa shape index (κ3) is 1.92. The molecule has 0 unspecified atom stereocenters. The Hall–Kier alpha value is -0.980. The molecule has 0 radical (unpaired) electrons. The standard InChI is InChI=1S/C13H19N/c1-10-5-3-8-13(11(10)2)14-9-12-6-4-7-12/h3,5,8,12,14H,4,6-7,9H2,1-2H3. The van der Waals surface area contributed by atoms with E-state index in [4.69, 9.17) is 0 Å². The van der Waals surface area contributed by atoms with Crippen LogP contribution in [-0.4, -0.2) is 6.54 Å². The van der Waals surface area contributed by atoms with E-state index in [0.29, 0.717) is 0 Å². The Bertz CT molecular complexity index is 313. The van der Waals surface area contributed by atoms with E-state index in [-0.39, 0.29) is 0 Å². The van der Waals surface area contributed by atoms with Gasteiger partial charge in [-0.25, -0.2) is 0 Å². The molecule has 1 N–H and O–H groups in total. The average Bonchev–Trinajstić information content (AvgIpc) is 2.09. The van der Waals surface area contributed by atoms with Gasteiger partial charge in [-0.3, -0.25) is 0 Å². The van der Waals surface area contributed by atoms with Gasteiger partial charge in [0.15, 0.2) is 0 Å². The van der Waals surface area contributed by atoms with Gasteiger partial charge < -0.3 is 5.32 Å². The molecule has 0 spiro atoms. The lowest BCUT2D eigenvalue weighted by Gasteiger charge is -2.26. The van der Waals surface area contributed by atoms with Crippen LogP contribution in [0.5, 0.6) is 0 Å². The molecule has 0 amide bonds. The predicted molar refractivity (Wildman–Crippen MR) is 61.7 cm³/mol. The first-order chi connectivity index (χ1) is 6.77. The summed E-state index contributed by atoms with van der Waals surface area (Å²) in [5.41, 5.74) is 4.09. The van der Waals surface area contributed by atoms with Gasteiger partial charge in [0, 0.05) is 12.2 Å². The third-order valence-corrected chi connectivity index (χ3v) is 3.41. The van der Waals surface area contributed by atoms with E-state index in [1.54, 1.807) is 0 Å². The van der Waals surface area contributed by atoms with Gasteiger partial charge >= 0.3 is 0 Å². The monoisotopic (exact) mass is 189 g/mol. The minimum Gasteiger partial charge on any atom is -0.385 e. The minimum absolute atomic E-state index is 0.926. The first-order valence-electron chi connectivity index (χ1n) is 5.57. The Morgan fingerprint density at radius 2 is 2.07 bits per heavy atom. The van der Waals surface area contributed by atoms with Crippen molar-refractivity contribution in [2.45, 2.75) is 33.1 Å².